The summed E-state index contributed by atoms with van der Waals surface area (Å²) in [5.41, 5.74) is -2.09. The lowest BCUT2D eigenvalue weighted by atomic mass is 9.96. The Bertz CT molecular complexity index is 751. The zero-order chi connectivity index (χ0) is 15.6. The Labute approximate surface area is 124 Å². The van der Waals surface area contributed by atoms with Gasteiger partial charge in [0, 0.05) is 17.8 Å². The second-order valence-electron chi connectivity index (χ2n) is 4.87. The minimum atomic E-state index is -1.41. The second-order valence-corrected chi connectivity index (χ2v) is 5.75. The summed E-state index contributed by atoms with van der Waals surface area (Å²) in [6.45, 7) is 3.24. The van der Waals surface area contributed by atoms with Crippen LogP contribution in [0, 0.1) is 0 Å². The Balaban J connectivity index is 2.36. The smallest absolute Gasteiger partial charge is 0.329 e. The van der Waals surface area contributed by atoms with E-state index in [0.717, 1.165) is 0 Å². The summed E-state index contributed by atoms with van der Waals surface area (Å²) in [6, 6.07) is 0. The average molecular weight is 309 g/mol. The summed E-state index contributed by atoms with van der Waals surface area (Å²) >= 11 is 1.27. The molecule has 2 aromatic rings. The molecule has 0 aliphatic carbocycles. The number of hydrogen-bond acceptors (Lipinski definition) is 5. The van der Waals surface area contributed by atoms with Crippen LogP contribution in [0.15, 0.2) is 22.6 Å². The molecule has 2 rings (SSSR count). The molecule has 0 saturated heterocycles. The summed E-state index contributed by atoms with van der Waals surface area (Å²) in [6.07, 6.45) is 3.56. The Morgan fingerprint density at radius 2 is 2.24 bits per heavy atom. The highest BCUT2D eigenvalue weighted by Gasteiger charge is 2.34. The van der Waals surface area contributed by atoms with Crippen molar-refractivity contribution in [1.29, 1.82) is 0 Å². The van der Waals surface area contributed by atoms with Crippen molar-refractivity contribution in [1.82, 2.24) is 14.7 Å². The number of rotatable bonds is 5. The largest absolute Gasteiger partial charge is 0.480 e. The number of carboxylic acids is 1. The summed E-state index contributed by atoms with van der Waals surface area (Å²) < 4.78 is 1.26. The highest BCUT2D eigenvalue weighted by atomic mass is 32.1. The molecule has 1 amide bonds. The minimum Gasteiger partial charge on any atom is -0.480 e. The van der Waals surface area contributed by atoms with Crippen LogP contribution in [-0.4, -0.2) is 31.9 Å². The molecule has 2 heterocycles. The van der Waals surface area contributed by atoms with Crippen molar-refractivity contribution in [3.8, 4) is 0 Å². The molecule has 1 unspecified atom stereocenters. The maximum atomic E-state index is 12.2. The van der Waals surface area contributed by atoms with Crippen LogP contribution >= 0.6 is 11.3 Å². The lowest BCUT2D eigenvalue weighted by molar-refractivity contribution is -0.144. The summed E-state index contributed by atoms with van der Waals surface area (Å²) in [5.74, 6) is -1.87. The maximum Gasteiger partial charge on any atom is 0.329 e. The molecule has 7 nitrogen and oxygen atoms in total. The van der Waals surface area contributed by atoms with Gasteiger partial charge >= 0.3 is 5.97 Å². The standard InChI is InChI=1S/C13H15N3O4S/c1-3-4-13(2,11(19)20)15-9(17)8-7-14-12-16(10(8)18)5-6-21-12/h5-7H,3-4H2,1-2H3,(H,15,17)(H,19,20). The van der Waals surface area contributed by atoms with E-state index < -0.39 is 23.0 Å². The SMILES string of the molecule is CCCC(C)(NC(=O)c1cnc2sccn2c1=O)C(=O)O. The molecule has 2 N–H and O–H groups in total. The molecule has 0 aliphatic rings. The van der Waals surface area contributed by atoms with Crippen molar-refractivity contribution >= 4 is 28.2 Å². The van der Waals surface area contributed by atoms with Crippen molar-refractivity contribution in [3.63, 3.8) is 0 Å². The number of carbonyl (C=O) groups excluding carboxylic acids is 1. The second kappa shape index (κ2) is 5.65. The molecule has 0 bridgehead atoms. The highest BCUT2D eigenvalue weighted by molar-refractivity contribution is 7.15. The normalized spacial score (nSPS) is 13.8. The molecule has 0 spiro atoms. The zero-order valence-electron chi connectivity index (χ0n) is 11.6. The van der Waals surface area contributed by atoms with Gasteiger partial charge < -0.3 is 10.4 Å². The monoisotopic (exact) mass is 309 g/mol. The molecule has 2 aromatic heterocycles. The first-order chi connectivity index (χ1) is 9.89. The van der Waals surface area contributed by atoms with Crippen LogP contribution in [0.5, 0.6) is 0 Å². The van der Waals surface area contributed by atoms with E-state index in [1.54, 1.807) is 5.38 Å². The van der Waals surface area contributed by atoms with Crippen LogP contribution in [0.2, 0.25) is 0 Å². The fourth-order valence-electron chi connectivity index (χ4n) is 2.02. The predicted octanol–water partition coefficient (Wildman–Crippen LogP) is 1.13. The van der Waals surface area contributed by atoms with Crippen molar-refractivity contribution in [2.45, 2.75) is 32.2 Å². The molecule has 0 aromatic carbocycles. The van der Waals surface area contributed by atoms with Gasteiger partial charge in [-0.2, -0.15) is 0 Å². The van der Waals surface area contributed by atoms with E-state index in [4.69, 9.17) is 0 Å². The molecule has 0 radical (unpaired) electrons. The van der Waals surface area contributed by atoms with Crippen molar-refractivity contribution in [3.05, 3.63) is 33.7 Å². The summed E-state index contributed by atoms with van der Waals surface area (Å²) in [7, 11) is 0. The molecule has 1 atom stereocenters. The molecular formula is C13H15N3O4S. The van der Waals surface area contributed by atoms with Crippen LogP contribution in [0.4, 0.5) is 0 Å². The number of fused-ring (bicyclic) bond motifs is 1. The molecule has 21 heavy (non-hydrogen) atoms. The van der Waals surface area contributed by atoms with Crippen LogP contribution in [0.3, 0.4) is 0 Å². The number of aliphatic carboxylic acids is 1. The fourth-order valence-corrected chi connectivity index (χ4v) is 2.70. The van der Waals surface area contributed by atoms with Crippen molar-refractivity contribution in [2.75, 3.05) is 0 Å². The first-order valence-corrected chi connectivity index (χ1v) is 7.28. The van der Waals surface area contributed by atoms with E-state index >= 15 is 0 Å². The number of thiazole rings is 1. The Hall–Kier alpha value is -2.22. The topological polar surface area (TPSA) is 101 Å². The van der Waals surface area contributed by atoms with Gasteiger partial charge in [0.25, 0.3) is 11.5 Å². The van der Waals surface area contributed by atoms with Gasteiger partial charge in [-0.25, -0.2) is 9.78 Å². The van der Waals surface area contributed by atoms with E-state index in [9.17, 15) is 19.5 Å². The van der Waals surface area contributed by atoms with Gasteiger partial charge in [-0.05, 0) is 13.3 Å². The van der Waals surface area contributed by atoms with Crippen molar-refractivity contribution in [2.24, 2.45) is 0 Å². The third-order valence-electron chi connectivity index (χ3n) is 3.20. The number of nitrogens with one attached hydrogen (secondary N) is 1. The van der Waals surface area contributed by atoms with E-state index in [-0.39, 0.29) is 12.0 Å². The first kappa shape index (κ1) is 15.2. The highest BCUT2D eigenvalue weighted by Crippen LogP contribution is 2.13. The molecule has 8 heteroatoms. The average Bonchev–Trinajstić information content (AvgIpc) is 2.88. The number of nitrogens with zero attached hydrogens (tertiary/aromatic N) is 2. The van der Waals surface area contributed by atoms with E-state index in [1.807, 2.05) is 6.92 Å². The first-order valence-electron chi connectivity index (χ1n) is 6.40. The number of hydrogen-bond donors (Lipinski definition) is 2. The van der Waals surface area contributed by atoms with Gasteiger partial charge in [0.05, 0.1) is 0 Å². The van der Waals surface area contributed by atoms with E-state index in [1.165, 1.54) is 35.1 Å². The number of aromatic nitrogens is 2. The Kier molecular flexibility index (Phi) is 4.08. The summed E-state index contributed by atoms with van der Waals surface area (Å²) in [4.78, 5) is 40.2. The van der Waals surface area contributed by atoms with Gasteiger partial charge in [0.2, 0.25) is 0 Å². The Morgan fingerprint density at radius 3 is 2.86 bits per heavy atom. The van der Waals surface area contributed by atoms with Crippen molar-refractivity contribution < 1.29 is 14.7 Å². The third kappa shape index (κ3) is 2.80. The Morgan fingerprint density at radius 1 is 1.52 bits per heavy atom. The maximum absolute atomic E-state index is 12.2. The van der Waals surface area contributed by atoms with Crippen LogP contribution < -0.4 is 10.9 Å². The van der Waals surface area contributed by atoms with Crippen LogP contribution in [0.1, 0.15) is 37.0 Å². The quantitative estimate of drug-likeness (QED) is 0.862. The number of carboxylic acid groups (broad SMARTS) is 1. The van der Waals surface area contributed by atoms with Gasteiger partial charge in [-0.1, -0.05) is 13.3 Å². The molecule has 0 saturated carbocycles. The van der Waals surface area contributed by atoms with Gasteiger partial charge in [-0.15, -0.1) is 11.3 Å². The number of amides is 1. The van der Waals surface area contributed by atoms with E-state index in [2.05, 4.69) is 10.3 Å². The molecule has 0 aliphatic heterocycles. The zero-order valence-corrected chi connectivity index (χ0v) is 12.4. The lowest BCUT2D eigenvalue weighted by Gasteiger charge is -2.25. The van der Waals surface area contributed by atoms with Gasteiger partial charge in [-0.3, -0.25) is 14.0 Å². The molecule has 0 fully saturated rings. The third-order valence-corrected chi connectivity index (χ3v) is 3.97. The summed E-state index contributed by atoms with van der Waals surface area (Å²) in [5, 5.41) is 13.4. The van der Waals surface area contributed by atoms with Crippen LogP contribution in [0.25, 0.3) is 4.96 Å². The lowest BCUT2D eigenvalue weighted by Crippen LogP contribution is -2.53. The molecular weight excluding hydrogens is 294 g/mol. The van der Waals surface area contributed by atoms with E-state index in [0.29, 0.717) is 11.4 Å². The van der Waals surface area contributed by atoms with Gasteiger partial charge in [0.1, 0.15) is 11.1 Å². The predicted molar refractivity (Wildman–Crippen MR) is 77.8 cm³/mol. The number of carbonyl (C=O) groups is 2. The fraction of sp³-hybridized carbons (Fsp3) is 0.385. The minimum absolute atomic E-state index is 0.172. The van der Waals surface area contributed by atoms with Gasteiger partial charge in [0.15, 0.2) is 4.96 Å². The molecule has 112 valence electrons. The van der Waals surface area contributed by atoms with Crippen LogP contribution in [-0.2, 0) is 4.79 Å².